The molecule has 1 amide bonds. The van der Waals surface area contributed by atoms with E-state index in [1.165, 1.54) is 24.1 Å². The fourth-order valence-corrected chi connectivity index (χ4v) is 3.17. The minimum atomic E-state index is -0.0905. The largest absolute Gasteiger partial charge is 0.380 e. The molecule has 0 unspecified atom stereocenters. The van der Waals surface area contributed by atoms with Gasteiger partial charge in [0.1, 0.15) is 0 Å². The minimum Gasteiger partial charge on any atom is -0.380 e. The number of ether oxygens (including phenoxy) is 1. The predicted octanol–water partition coefficient (Wildman–Crippen LogP) is 3.99. The molecule has 126 valence electrons. The summed E-state index contributed by atoms with van der Waals surface area (Å²) < 4.78 is 5.09. The van der Waals surface area contributed by atoms with E-state index >= 15 is 0 Å². The highest BCUT2D eigenvalue weighted by atomic mass is 16.5. The van der Waals surface area contributed by atoms with Gasteiger partial charge >= 0.3 is 0 Å². The van der Waals surface area contributed by atoms with E-state index in [1.54, 1.807) is 7.11 Å². The van der Waals surface area contributed by atoms with Gasteiger partial charge in [0, 0.05) is 37.1 Å². The van der Waals surface area contributed by atoms with Gasteiger partial charge in [0.2, 0.25) is 0 Å². The van der Waals surface area contributed by atoms with E-state index < -0.39 is 0 Å². The second-order valence-corrected chi connectivity index (χ2v) is 6.28. The predicted molar refractivity (Wildman–Crippen MR) is 97.7 cm³/mol. The average molecular weight is 324 g/mol. The number of anilines is 2. The molecule has 0 spiro atoms. The van der Waals surface area contributed by atoms with Crippen molar-refractivity contribution in [2.45, 2.75) is 26.4 Å². The first kappa shape index (κ1) is 16.5. The van der Waals surface area contributed by atoms with E-state index in [1.807, 2.05) is 36.4 Å². The SMILES string of the molecule is COCc1ccc(C(=O)Nc2ccc(N3CCCC3)c(C)c2)cc1. The lowest BCUT2D eigenvalue weighted by atomic mass is 10.1. The molecule has 4 nitrogen and oxygen atoms in total. The summed E-state index contributed by atoms with van der Waals surface area (Å²) in [6.45, 7) is 4.91. The van der Waals surface area contributed by atoms with Crippen LogP contribution in [0.1, 0.15) is 34.3 Å². The highest BCUT2D eigenvalue weighted by Crippen LogP contribution is 2.26. The Morgan fingerprint density at radius 3 is 2.46 bits per heavy atom. The van der Waals surface area contributed by atoms with Crippen LogP contribution in [0.3, 0.4) is 0 Å². The third-order valence-electron chi connectivity index (χ3n) is 4.43. The van der Waals surface area contributed by atoms with Gasteiger partial charge in [-0.25, -0.2) is 0 Å². The molecule has 0 radical (unpaired) electrons. The molecule has 2 aromatic carbocycles. The van der Waals surface area contributed by atoms with E-state index in [9.17, 15) is 4.79 Å². The van der Waals surface area contributed by atoms with Crippen LogP contribution >= 0.6 is 0 Å². The van der Waals surface area contributed by atoms with Crippen LogP contribution in [0.5, 0.6) is 0 Å². The monoisotopic (exact) mass is 324 g/mol. The molecule has 3 rings (SSSR count). The van der Waals surface area contributed by atoms with Crippen LogP contribution in [0.25, 0.3) is 0 Å². The van der Waals surface area contributed by atoms with E-state index in [-0.39, 0.29) is 5.91 Å². The Labute approximate surface area is 143 Å². The van der Waals surface area contributed by atoms with Crippen molar-refractivity contribution in [1.29, 1.82) is 0 Å². The first-order valence-corrected chi connectivity index (χ1v) is 8.42. The molecule has 1 aliphatic rings. The van der Waals surface area contributed by atoms with Crippen LogP contribution in [-0.2, 0) is 11.3 Å². The molecule has 4 heteroatoms. The summed E-state index contributed by atoms with van der Waals surface area (Å²) in [6, 6.07) is 13.6. The molecule has 0 aliphatic carbocycles. The summed E-state index contributed by atoms with van der Waals surface area (Å²) >= 11 is 0. The summed E-state index contributed by atoms with van der Waals surface area (Å²) in [5, 5.41) is 2.98. The van der Waals surface area contributed by atoms with E-state index in [0.717, 1.165) is 24.3 Å². The van der Waals surface area contributed by atoms with Gasteiger partial charge in [0.25, 0.3) is 5.91 Å². The highest BCUT2D eigenvalue weighted by Gasteiger charge is 2.15. The van der Waals surface area contributed by atoms with Gasteiger partial charge in [0.15, 0.2) is 0 Å². The van der Waals surface area contributed by atoms with Crippen molar-refractivity contribution in [1.82, 2.24) is 0 Å². The van der Waals surface area contributed by atoms with Crippen molar-refractivity contribution in [3.8, 4) is 0 Å². The summed E-state index contributed by atoms with van der Waals surface area (Å²) in [5.74, 6) is -0.0905. The molecule has 1 aliphatic heterocycles. The molecule has 1 fully saturated rings. The standard InChI is InChI=1S/C20H24N2O2/c1-15-13-18(9-10-19(15)22-11-3-4-12-22)21-20(23)17-7-5-16(6-8-17)14-24-2/h5-10,13H,3-4,11-12,14H2,1-2H3,(H,21,23). The normalized spacial score (nSPS) is 14.0. The second-order valence-electron chi connectivity index (χ2n) is 6.28. The average Bonchev–Trinajstić information content (AvgIpc) is 3.10. The lowest BCUT2D eigenvalue weighted by Crippen LogP contribution is -2.19. The quantitative estimate of drug-likeness (QED) is 0.904. The third-order valence-corrected chi connectivity index (χ3v) is 4.43. The number of nitrogens with one attached hydrogen (secondary N) is 1. The molecular weight excluding hydrogens is 300 g/mol. The van der Waals surface area contributed by atoms with Crippen LogP contribution in [0.4, 0.5) is 11.4 Å². The van der Waals surface area contributed by atoms with Crippen molar-refractivity contribution in [3.63, 3.8) is 0 Å². The Balaban J connectivity index is 1.68. The lowest BCUT2D eigenvalue weighted by molar-refractivity contribution is 0.102. The topological polar surface area (TPSA) is 41.6 Å². The molecule has 2 aromatic rings. The summed E-state index contributed by atoms with van der Waals surface area (Å²) in [5.41, 5.74) is 5.01. The first-order chi connectivity index (χ1) is 11.7. The van der Waals surface area contributed by atoms with Crippen LogP contribution in [0, 0.1) is 6.92 Å². The zero-order chi connectivity index (χ0) is 16.9. The molecule has 0 atom stereocenters. The van der Waals surface area contributed by atoms with Crippen molar-refractivity contribution in [3.05, 3.63) is 59.2 Å². The van der Waals surface area contributed by atoms with Crippen LogP contribution in [-0.4, -0.2) is 26.1 Å². The van der Waals surface area contributed by atoms with Gasteiger partial charge in [-0.15, -0.1) is 0 Å². The van der Waals surface area contributed by atoms with Gasteiger partial charge in [0.05, 0.1) is 6.61 Å². The van der Waals surface area contributed by atoms with Gasteiger partial charge in [-0.3, -0.25) is 4.79 Å². The Morgan fingerprint density at radius 2 is 1.83 bits per heavy atom. The van der Waals surface area contributed by atoms with Crippen LogP contribution < -0.4 is 10.2 Å². The fraction of sp³-hybridized carbons (Fsp3) is 0.350. The number of carbonyl (C=O) groups is 1. The number of amides is 1. The van der Waals surface area contributed by atoms with Crippen LogP contribution in [0.15, 0.2) is 42.5 Å². The lowest BCUT2D eigenvalue weighted by Gasteiger charge is -2.20. The first-order valence-electron chi connectivity index (χ1n) is 8.42. The Kier molecular flexibility index (Phi) is 5.16. The van der Waals surface area contributed by atoms with Crippen LogP contribution in [0.2, 0.25) is 0 Å². The minimum absolute atomic E-state index is 0.0905. The maximum Gasteiger partial charge on any atom is 0.255 e. The number of carbonyl (C=O) groups excluding carboxylic acids is 1. The smallest absolute Gasteiger partial charge is 0.255 e. The molecule has 1 saturated heterocycles. The molecule has 0 bridgehead atoms. The number of rotatable bonds is 5. The number of methoxy groups -OCH3 is 1. The maximum absolute atomic E-state index is 12.4. The molecule has 0 aromatic heterocycles. The molecule has 24 heavy (non-hydrogen) atoms. The van der Waals surface area contributed by atoms with Crippen molar-refractivity contribution >= 4 is 17.3 Å². The number of nitrogens with zero attached hydrogens (tertiary/aromatic N) is 1. The van der Waals surface area contributed by atoms with Gasteiger partial charge in [-0.05, 0) is 61.2 Å². The Bertz CT molecular complexity index is 704. The molecule has 0 saturated carbocycles. The summed E-state index contributed by atoms with van der Waals surface area (Å²) in [4.78, 5) is 14.8. The zero-order valence-corrected chi connectivity index (χ0v) is 14.3. The summed E-state index contributed by atoms with van der Waals surface area (Å²) in [7, 11) is 1.66. The molecule has 1 heterocycles. The van der Waals surface area contributed by atoms with Gasteiger partial charge in [-0.2, -0.15) is 0 Å². The highest BCUT2D eigenvalue weighted by molar-refractivity contribution is 6.04. The zero-order valence-electron chi connectivity index (χ0n) is 14.3. The van der Waals surface area contributed by atoms with Gasteiger partial charge < -0.3 is 15.0 Å². The molecular formula is C20H24N2O2. The third kappa shape index (κ3) is 3.77. The van der Waals surface area contributed by atoms with Crippen molar-refractivity contribution < 1.29 is 9.53 Å². The van der Waals surface area contributed by atoms with Crippen molar-refractivity contribution in [2.75, 3.05) is 30.4 Å². The van der Waals surface area contributed by atoms with E-state index in [0.29, 0.717) is 12.2 Å². The maximum atomic E-state index is 12.4. The second kappa shape index (κ2) is 7.49. The molecule has 1 N–H and O–H groups in total. The fourth-order valence-electron chi connectivity index (χ4n) is 3.17. The summed E-state index contributed by atoms with van der Waals surface area (Å²) in [6.07, 6.45) is 2.52. The van der Waals surface area contributed by atoms with Crippen molar-refractivity contribution in [2.24, 2.45) is 0 Å². The number of hydrogen-bond donors (Lipinski definition) is 1. The Hall–Kier alpha value is -2.33. The van der Waals surface area contributed by atoms with E-state index in [2.05, 4.69) is 23.2 Å². The number of benzene rings is 2. The van der Waals surface area contributed by atoms with Gasteiger partial charge in [-0.1, -0.05) is 12.1 Å². The number of aryl methyl sites for hydroxylation is 1. The van der Waals surface area contributed by atoms with E-state index in [4.69, 9.17) is 4.74 Å². The number of hydrogen-bond acceptors (Lipinski definition) is 3. The Morgan fingerprint density at radius 1 is 1.12 bits per heavy atom.